The maximum absolute atomic E-state index is 14.3. The second kappa shape index (κ2) is 8.37. The third-order valence-electron chi connectivity index (χ3n) is 4.84. The zero-order chi connectivity index (χ0) is 21.1. The van der Waals surface area contributed by atoms with Crippen molar-refractivity contribution in [2.24, 2.45) is 0 Å². The lowest BCUT2D eigenvalue weighted by molar-refractivity contribution is 0.0710. The van der Waals surface area contributed by atoms with E-state index in [1.54, 1.807) is 19.2 Å². The fraction of sp³-hybridized carbons (Fsp3) is 0.167. The Morgan fingerprint density at radius 3 is 2.57 bits per heavy atom. The third-order valence-corrected chi connectivity index (χ3v) is 4.84. The maximum atomic E-state index is 14.3. The summed E-state index contributed by atoms with van der Waals surface area (Å²) in [6, 6.07) is 19.1. The molecule has 0 radical (unpaired) electrons. The minimum atomic E-state index is -0.560. The zero-order valence-electron chi connectivity index (χ0n) is 16.8. The van der Waals surface area contributed by atoms with Crippen molar-refractivity contribution < 1.29 is 18.3 Å². The normalized spacial score (nSPS) is 10.9. The molecule has 0 atom stereocenters. The molecule has 6 heteroatoms. The average molecular weight is 404 g/mol. The van der Waals surface area contributed by atoms with Crippen LogP contribution in [0.3, 0.4) is 0 Å². The van der Waals surface area contributed by atoms with E-state index < -0.39 is 11.7 Å². The van der Waals surface area contributed by atoms with E-state index >= 15 is 0 Å². The van der Waals surface area contributed by atoms with Crippen LogP contribution >= 0.6 is 0 Å². The lowest BCUT2D eigenvalue weighted by Gasteiger charge is -2.22. The van der Waals surface area contributed by atoms with Crippen LogP contribution in [0.15, 0.2) is 71.1 Å². The Morgan fingerprint density at radius 1 is 1.07 bits per heavy atom. The highest BCUT2D eigenvalue weighted by atomic mass is 19.1. The minimum absolute atomic E-state index is 0.0120. The number of amides is 1. The van der Waals surface area contributed by atoms with Gasteiger partial charge in [0.25, 0.3) is 5.91 Å². The van der Waals surface area contributed by atoms with E-state index in [2.05, 4.69) is 4.98 Å². The standard InChI is InChI=1S/C24H21FN2O3/c1-16-7-12-22-21(13-16)26-23(30-22)15-27(14-17-8-10-18(29-2)11-9-17)24(28)19-5-3-4-6-20(19)25/h3-13H,14-15H2,1-2H3. The van der Waals surface area contributed by atoms with Gasteiger partial charge in [-0.25, -0.2) is 9.37 Å². The van der Waals surface area contributed by atoms with Gasteiger partial charge in [-0.1, -0.05) is 30.3 Å². The summed E-state index contributed by atoms with van der Waals surface area (Å²) in [5.41, 5.74) is 3.34. The van der Waals surface area contributed by atoms with E-state index in [1.807, 2.05) is 49.4 Å². The van der Waals surface area contributed by atoms with Gasteiger partial charge in [0, 0.05) is 6.54 Å². The van der Waals surface area contributed by atoms with Gasteiger partial charge >= 0.3 is 0 Å². The van der Waals surface area contributed by atoms with Crippen LogP contribution in [0.4, 0.5) is 4.39 Å². The van der Waals surface area contributed by atoms with Gasteiger partial charge in [0.1, 0.15) is 17.1 Å². The minimum Gasteiger partial charge on any atom is -0.497 e. The number of ether oxygens (including phenoxy) is 1. The molecule has 0 N–H and O–H groups in total. The van der Waals surface area contributed by atoms with E-state index in [1.165, 1.54) is 17.0 Å². The SMILES string of the molecule is COc1ccc(CN(Cc2nc3cc(C)ccc3o2)C(=O)c2ccccc2F)cc1. The summed E-state index contributed by atoms with van der Waals surface area (Å²) in [6.45, 7) is 2.37. The van der Waals surface area contributed by atoms with Crippen LogP contribution in [-0.2, 0) is 13.1 Å². The number of hydrogen-bond donors (Lipinski definition) is 0. The Morgan fingerprint density at radius 2 is 1.83 bits per heavy atom. The molecule has 0 spiro atoms. The number of methoxy groups -OCH3 is 1. The van der Waals surface area contributed by atoms with Gasteiger partial charge in [-0.2, -0.15) is 0 Å². The molecule has 1 heterocycles. The van der Waals surface area contributed by atoms with E-state index in [4.69, 9.17) is 9.15 Å². The molecule has 0 aliphatic heterocycles. The lowest BCUT2D eigenvalue weighted by Crippen LogP contribution is -2.31. The number of aromatic nitrogens is 1. The first kappa shape index (κ1) is 19.6. The van der Waals surface area contributed by atoms with Crippen molar-refractivity contribution in [1.29, 1.82) is 0 Å². The summed E-state index contributed by atoms with van der Waals surface area (Å²) in [5, 5.41) is 0. The molecule has 0 aliphatic rings. The summed E-state index contributed by atoms with van der Waals surface area (Å²) < 4.78 is 25.3. The number of hydrogen-bond acceptors (Lipinski definition) is 4. The first-order valence-electron chi connectivity index (χ1n) is 9.56. The summed E-state index contributed by atoms with van der Waals surface area (Å²) in [4.78, 5) is 19.2. The first-order valence-corrected chi connectivity index (χ1v) is 9.56. The van der Waals surface area contributed by atoms with Crippen molar-refractivity contribution in [3.8, 4) is 5.75 Å². The van der Waals surface area contributed by atoms with Crippen LogP contribution in [-0.4, -0.2) is 22.9 Å². The molecule has 152 valence electrons. The molecule has 5 nitrogen and oxygen atoms in total. The molecule has 4 aromatic rings. The highest BCUT2D eigenvalue weighted by molar-refractivity contribution is 5.94. The number of oxazole rings is 1. The highest BCUT2D eigenvalue weighted by Gasteiger charge is 2.22. The Kier molecular flexibility index (Phi) is 5.48. The zero-order valence-corrected chi connectivity index (χ0v) is 16.8. The van der Waals surface area contributed by atoms with Gasteiger partial charge in [0.05, 0.1) is 19.2 Å². The number of carbonyl (C=O) groups is 1. The Bertz CT molecular complexity index is 1180. The van der Waals surface area contributed by atoms with Crippen molar-refractivity contribution in [1.82, 2.24) is 9.88 Å². The number of aryl methyl sites for hydroxylation is 1. The molecule has 0 saturated heterocycles. The third kappa shape index (κ3) is 4.17. The van der Waals surface area contributed by atoms with Gasteiger partial charge < -0.3 is 14.1 Å². The second-order valence-corrected chi connectivity index (χ2v) is 7.07. The molecule has 4 rings (SSSR count). The van der Waals surface area contributed by atoms with Gasteiger partial charge in [-0.15, -0.1) is 0 Å². The fourth-order valence-electron chi connectivity index (χ4n) is 3.27. The summed E-state index contributed by atoms with van der Waals surface area (Å²) in [7, 11) is 1.60. The van der Waals surface area contributed by atoms with Gasteiger partial charge in [-0.3, -0.25) is 4.79 Å². The van der Waals surface area contributed by atoms with Gasteiger partial charge in [0.2, 0.25) is 5.89 Å². The topological polar surface area (TPSA) is 55.6 Å². The van der Waals surface area contributed by atoms with Crippen LogP contribution in [0.2, 0.25) is 0 Å². The molecule has 1 aromatic heterocycles. The van der Waals surface area contributed by atoms with Crippen molar-refractivity contribution in [2.75, 3.05) is 7.11 Å². The van der Waals surface area contributed by atoms with Crippen LogP contribution in [0.5, 0.6) is 5.75 Å². The molecule has 0 fully saturated rings. The average Bonchev–Trinajstić information content (AvgIpc) is 3.15. The second-order valence-electron chi connectivity index (χ2n) is 7.07. The molecule has 1 amide bonds. The number of rotatable bonds is 6. The van der Waals surface area contributed by atoms with Crippen molar-refractivity contribution in [2.45, 2.75) is 20.0 Å². The largest absolute Gasteiger partial charge is 0.497 e. The van der Waals surface area contributed by atoms with E-state index in [-0.39, 0.29) is 18.7 Å². The number of carbonyl (C=O) groups excluding carboxylic acids is 1. The molecule has 0 bridgehead atoms. The molecule has 0 saturated carbocycles. The smallest absolute Gasteiger partial charge is 0.257 e. The molecular weight excluding hydrogens is 383 g/mol. The Labute approximate surface area is 173 Å². The number of halogens is 1. The Hall–Kier alpha value is -3.67. The summed E-state index contributed by atoms with van der Waals surface area (Å²) >= 11 is 0. The van der Waals surface area contributed by atoms with E-state index in [9.17, 15) is 9.18 Å². The molecule has 0 unspecified atom stereocenters. The molecular formula is C24H21FN2O3. The van der Waals surface area contributed by atoms with Crippen LogP contribution < -0.4 is 4.74 Å². The van der Waals surface area contributed by atoms with Crippen LogP contribution in [0.1, 0.15) is 27.4 Å². The predicted octanol–water partition coefficient (Wildman–Crippen LogP) is 5.13. The lowest BCUT2D eigenvalue weighted by atomic mass is 10.1. The molecule has 3 aromatic carbocycles. The molecule has 30 heavy (non-hydrogen) atoms. The quantitative estimate of drug-likeness (QED) is 0.447. The first-order chi connectivity index (χ1) is 14.5. The number of fused-ring (bicyclic) bond motifs is 1. The summed E-state index contributed by atoms with van der Waals surface area (Å²) in [5.74, 6) is 0.131. The van der Waals surface area contributed by atoms with Crippen molar-refractivity contribution in [3.05, 3.63) is 95.1 Å². The van der Waals surface area contributed by atoms with Crippen molar-refractivity contribution >= 4 is 17.0 Å². The van der Waals surface area contributed by atoms with E-state index in [0.29, 0.717) is 11.5 Å². The van der Waals surface area contributed by atoms with Crippen molar-refractivity contribution in [3.63, 3.8) is 0 Å². The predicted molar refractivity (Wildman–Crippen MR) is 112 cm³/mol. The monoisotopic (exact) mass is 404 g/mol. The van der Waals surface area contributed by atoms with E-state index in [0.717, 1.165) is 22.4 Å². The van der Waals surface area contributed by atoms with Crippen LogP contribution in [0, 0.1) is 12.7 Å². The molecule has 0 aliphatic carbocycles. The van der Waals surface area contributed by atoms with Gasteiger partial charge in [-0.05, 0) is 54.4 Å². The summed E-state index contributed by atoms with van der Waals surface area (Å²) in [6.07, 6.45) is 0. The number of nitrogens with zero attached hydrogens (tertiary/aromatic N) is 2. The maximum Gasteiger partial charge on any atom is 0.257 e. The highest BCUT2D eigenvalue weighted by Crippen LogP contribution is 2.21. The Balaban J connectivity index is 1.66. The van der Waals surface area contributed by atoms with Crippen LogP contribution in [0.25, 0.3) is 11.1 Å². The fourth-order valence-corrected chi connectivity index (χ4v) is 3.27. The van der Waals surface area contributed by atoms with Gasteiger partial charge in [0.15, 0.2) is 5.58 Å². The number of benzene rings is 3.